The molecule has 138 valence electrons. The lowest BCUT2D eigenvalue weighted by Gasteiger charge is -2.33. The van der Waals surface area contributed by atoms with Gasteiger partial charge in [0.15, 0.2) is 0 Å². The van der Waals surface area contributed by atoms with Crippen LogP contribution < -0.4 is 10.6 Å². The quantitative estimate of drug-likeness (QED) is 0.880. The minimum Gasteiger partial charge on any atom is -0.378 e. The molecule has 0 bridgehead atoms. The molecule has 1 fully saturated rings. The van der Waals surface area contributed by atoms with Gasteiger partial charge in [0.05, 0.1) is 0 Å². The highest BCUT2D eigenvalue weighted by molar-refractivity contribution is 5.95. The van der Waals surface area contributed by atoms with Crippen molar-refractivity contribution in [2.24, 2.45) is 5.73 Å². The summed E-state index contributed by atoms with van der Waals surface area (Å²) in [4.78, 5) is 32.5. The van der Waals surface area contributed by atoms with Crippen LogP contribution >= 0.6 is 0 Å². The first-order chi connectivity index (χ1) is 12.5. The largest absolute Gasteiger partial charge is 0.378 e. The molecule has 2 aromatic rings. The van der Waals surface area contributed by atoms with E-state index in [1.54, 1.807) is 17.0 Å². The van der Waals surface area contributed by atoms with E-state index in [0.29, 0.717) is 12.1 Å². The predicted octanol–water partition coefficient (Wildman–Crippen LogP) is 1.45. The average molecular weight is 355 g/mol. The Bertz CT molecular complexity index is 799. The maximum absolute atomic E-state index is 13.0. The number of hydrogen-bond acceptors (Lipinski definition) is 4. The Kier molecular flexibility index (Phi) is 5.25. The number of aromatic nitrogens is 2. The van der Waals surface area contributed by atoms with Gasteiger partial charge in [0.2, 0.25) is 5.91 Å². The van der Waals surface area contributed by atoms with Crippen LogP contribution in [0.1, 0.15) is 34.9 Å². The molecular weight excluding hydrogens is 330 g/mol. The number of benzene rings is 1. The molecule has 3 rings (SSSR count). The molecule has 1 saturated heterocycles. The molecule has 0 aliphatic carbocycles. The first kappa shape index (κ1) is 18.0. The second-order valence-electron chi connectivity index (χ2n) is 6.91. The number of rotatable bonds is 5. The monoisotopic (exact) mass is 355 g/mol. The zero-order chi connectivity index (χ0) is 18.7. The van der Waals surface area contributed by atoms with Gasteiger partial charge in [0.1, 0.15) is 12.4 Å². The molecule has 0 unspecified atom stereocenters. The third-order valence-corrected chi connectivity index (χ3v) is 4.76. The molecule has 7 heteroatoms. The van der Waals surface area contributed by atoms with E-state index in [-0.39, 0.29) is 18.4 Å². The number of piperidine rings is 1. The van der Waals surface area contributed by atoms with E-state index in [1.165, 1.54) is 0 Å². The van der Waals surface area contributed by atoms with E-state index in [4.69, 9.17) is 5.73 Å². The van der Waals surface area contributed by atoms with Crippen molar-refractivity contribution in [2.45, 2.75) is 25.3 Å². The van der Waals surface area contributed by atoms with Gasteiger partial charge in [-0.3, -0.25) is 9.59 Å². The molecule has 1 aliphatic heterocycles. The lowest BCUT2D eigenvalue weighted by molar-refractivity contribution is -0.118. The number of amides is 2. The van der Waals surface area contributed by atoms with Crippen molar-refractivity contribution in [2.75, 3.05) is 32.1 Å². The summed E-state index contributed by atoms with van der Waals surface area (Å²) in [5.74, 6) is 0.572. The fraction of sp³-hybridized carbons (Fsp3) is 0.421. The lowest BCUT2D eigenvalue weighted by atomic mass is 9.96. The average Bonchev–Trinajstić information content (AvgIpc) is 3.08. The molecule has 2 heterocycles. The number of carbonyl (C=O) groups is 2. The predicted molar refractivity (Wildman–Crippen MR) is 100 cm³/mol. The van der Waals surface area contributed by atoms with Gasteiger partial charge in [-0.1, -0.05) is 6.07 Å². The van der Waals surface area contributed by atoms with E-state index >= 15 is 0 Å². The zero-order valence-electron chi connectivity index (χ0n) is 15.3. The molecule has 1 aliphatic rings. The van der Waals surface area contributed by atoms with E-state index in [2.05, 4.69) is 4.98 Å². The second kappa shape index (κ2) is 7.59. The molecule has 2 N–H and O–H groups in total. The topological polar surface area (TPSA) is 84.5 Å². The molecule has 0 radical (unpaired) electrons. The van der Waals surface area contributed by atoms with Crippen LogP contribution in [0.4, 0.5) is 5.69 Å². The maximum atomic E-state index is 13.0. The Balaban J connectivity index is 1.76. The van der Waals surface area contributed by atoms with Gasteiger partial charge in [-0.15, -0.1) is 0 Å². The Morgan fingerprint density at radius 1 is 1.35 bits per heavy atom. The van der Waals surface area contributed by atoms with E-state index in [0.717, 1.165) is 30.9 Å². The molecule has 0 saturated carbocycles. The highest BCUT2D eigenvalue weighted by atomic mass is 16.2. The highest BCUT2D eigenvalue weighted by Gasteiger charge is 2.28. The third kappa shape index (κ3) is 3.87. The van der Waals surface area contributed by atoms with Crippen LogP contribution in [0, 0.1) is 0 Å². The number of hydrogen-bond donors (Lipinski definition) is 1. The van der Waals surface area contributed by atoms with Crippen molar-refractivity contribution in [1.82, 2.24) is 14.5 Å². The Morgan fingerprint density at radius 2 is 2.15 bits per heavy atom. The fourth-order valence-electron chi connectivity index (χ4n) is 3.45. The van der Waals surface area contributed by atoms with Crippen molar-refractivity contribution in [3.8, 4) is 0 Å². The zero-order valence-corrected chi connectivity index (χ0v) is 15.3. The Labute approximate surface area is 153 Å². The van der Waals surface area contributed by atoms with Crippen LogP contribution in [-0.2, 0) is 11.3 Å². The summed E-state index contributed by atoms with van der Waals surface area (Å²) < 4.78 is 1.79. The standard InChI is InChI=1S/C19H25N5O2/c1-22(2)16-7-3-5-14(11-16)19(26)24-9-4-6-15(12-24)18-21-8-10-23(18)13-17(20)25/h3,5,7-8,10-11,15H,4,6,9,12-13H2,1-2H3,(H2,20,25)/t15-/m0/s1. The SMILES string of the molecule is CN(C)c1cccc(C(=O)N2CCC[C@H](c3nccn3CC(N)=O)C2)c1. The van der Waals surface area contributed by atoms with Gasteiger partial charge < -0.3 is 20.1 Å². The second-order valence-corrected chi connectivity index (χ2v) is 6.91. The summed E-state index contributed by atoms with van der Waals surface area (Å²) in [5.41, 5.74) is 7.01. The molecule has 26 heavy (non-hydrogen) atoms. The minimum absolute atomic E-state index is 0.0337. The third-order valence-electron chi connectivity index (χ3n) is 4.76. The first-order valence-corrected chi connectivity index (χ1v) is 8.81. The highest BCUT2D eigenvalue weighted by Crippen LogP contribution is 2.27. The number of anilines is 1. The van der Waals surface area contributed by atoms with Crippen LogP contribution in [-0.4, -0.2) is 53.5 Å². The Morgan fingerprint density at radius 3 is 2.88 bits per heavy atom. The smallest absolute Gasteiger partial charge is 0.253 e. The maximum Gasteiger partial charge on any atom is 0.253 e. The number of carbonyl (C=O) groups excluding carboxylic acids is 2. The number of imidazole rings is 1. The van der Waals surface area contributed by atoms with Crippen LogP contribution in [0.25, 0.3) is 0 Å². The van der Waals surface area contributed by atoms with Crippen LogP contribution in [0.15, 0.2) is 36.7 Å². The van der Waals surface area contributed by atoms with Crippen molar-refractivity contribution in [3.63, 3.8) is 0 Å². The number of nitrogens with two attached hydrogens (primary N) is 1. The molecule has 1 atom stereocenters. The molecule has 0 spiro atoms. The van der Waals surface area contributed by atoms with Gasteiger partial charge in [-0.25, -0.2) is 4.98 Å². The molecule has 7 nitrogen and oxygen atoms in total. The number of primary amides is 1. The fourth-order valence-corrected chi connectivity index (χ4v) is 3.45. The lowest BCUT2D eigenvalue weighted by Crippen LogP contribution is -2.40. The van der Waals surface area contributed by atoms with Crippen LogP contribution in [0.2, 0.25) is 0 Å². The Hall–Kier alpha value is -2.83. The van der Waals surface area contributed by atoms with Crippen molar-refractivity contribution < 1.29 is 9.59 Å². The van der Waals surface area contributed by atoms with Crippen molar-refractivity contribution in [3.05, 3.63) is 48.0 Å². The van der Waals surface area contributed by atoms with Gasteiger partial charge in [0, 0.05) is 56.7 Å². The summed E-state index contributed by atoms with van der Waals surface area (Å²) >= 11 is 0. The first-order valence-electron chi connectivity index (χ1n) is 8.81. The van der Waals surface area contributed by atoms with Crippen LogP contribution in [0.5, 0.6) is 0 Å². The van der Waals surface area contributed by atoms with E-state index < -0.39 is 5.91 Å². The normalized spacial score (nSPS) is 17.2. The van der Waals surface area contributed by atoms with Gasteiger partial charge in [-0.05, 0) is 31.0 Å². The van der Waals surface area contributed by atoms with Crippen LogP contribution in [0.3, 0.4) is 0 Å². The van der Waals surface area contributed by atoms with Gasteiger partial charge in [-0.2, -0.15) is 0 Å². The van der Waals surface area contributed by atoms with Crippen molar-refractivity contribution >= 4 is 17.5 Å². The summed E-state index contributed by atoms with van der Waals surface area (Å²) in [5, 5.41) is 0. The molecule has 1 aromatic carbocycles. The molecular formula is C19H25N5O2. The summed E-state index contributed by atoms with van der Waals surface area (Å²) in [6.45, 7) is 1.45. The summed E-state index contributed by atoms with van der Waals surface area (Å²) in [6, 6.07) is 7.66. The van der Waals surface area contributed by atoms with E-state index in [9.17, 15) is 9.59 Å². The number of likely N-dealkylation sites (tertiary alicyclic amines) is 1. The van der Waals surface area contributed by atoms with Gasteiger partial charge >= 0.3 is 0 Å². The molecule has 1 aromatic heterocycles. The number of nitrogens with zero attached hydrogens (tertiary/aromatic N) is 4. The molecule has 2 amide bonds. The summed E-state index contributed by atoms with van der Waals surface area (Å²) in [6.07, 6.45) is 5.30. The minimum atomic E-state index is -0.395. The van der Waals surface area contributed by atoms with Crippen molar-refractivity contribution in [1.29, 1.82) is 0 Å². The van der Waals surface area contributed by atoms with E-state index in [1.807, 2.05) is 48.2 Å². The van der Waals surface area contributed by atoms with Gasteiger partial charge in [0.25, 0.3) is 5.91 Å². The summed E-state index contributed by atoms with van der Waals surface area (Å²) in [7, 11) is 3.91.